The second-order valence-corrected chi connectivity index (χ2v) is 7.51. The van der Waals surface area contributed by atoms with Crippen LogP contribution in [0.2, 0.25) is 0 Å². The van der Waals surface area contributed by atoms with Crippen molar-refractivity contribution in [3.63, 3.8) is 0 Å². The van der Waals surface area contributed by atoms with Gasteiger partial charge in [0, 0.05) is 13.1 Å². The molecule has 1 fully saturated rings. The molecule has 0 aliphatic carbocycles. The molecular formula is C6H13NO4S2. The molecule has 0 bridgehead atoms. The highest BCUT2D eigenvalue weighted by Crippen LogP contribution is 2.08. The van der Waals surface area contributed by atoms with E-state index in [4.69, 9.17) is 0 Å². The first-order chi connectivity index (χ1) is 5.87. The fourth-order valence-corrected chi connectivity index (χ4v) is 3.69. The summed E-state index contributed by atoms with van der Waals surface area (Å²) in [5, 5.41) is 0. The summed E-state index contributed by atoms with van der Waals surface area (Å²) in [6, 6.07) is 0. The molecule has 1 aliphatic rings. The first-order valence-electron chi connectivity index (χ1n) is 4.05. The van der Waals surface area contributed by atoms with Gasteiger partial charge in [-0.3, -0.25) is 0 Å². The Kier molecular flexibility index (Phi) is 2.98. The number of hydrogen-bond donors (Lipinski definition) is 0. The number of hydrogen-bond acceptors (Lipinski definition) is 4. The van der Waals surface area contributed by atoms with Gasteiger partial charge in [0.25, 0.3) is 0 Å². The van der Waals surface area contributed by atoms with Crippen molar-refractivity contribution in [2.24, 2.45) is 0 Å². The summed E-state index contributed by atoms with van der Waals surface area (Å²) < 4.78 is 45.8. The average Bonchev–Trinajstić information content (AvgIpc) is 2.04. The van der Waals surface area contributed by atoms with Crippen LogP contribution in [0.15, 0.2) is 0 Å². The molecule has 0 N–H and O–H groups in total. The molecule has 5 nitrogen and oxygen atoms in total. The lowest BCUT2D eigenvalue weighted by atomic mass is 10.6. The maximum atomic E-state index is 11.3. The second kappa shape index (κ2) is 3.55. The molecule has 0 amide bonds. The van der Waals surface area contributed by atoms with Crippen LogP contribution in [0.25, 0.3) is 0 Å². The van der Waals surface area contributed by atoms with Gasteiger partial charge in [0.2, 0.25) is 10.0 Å². The molecule has 0 unspecified atom stereocenters. The number of sulfonamides is 1. The van der Waals surface area contributed by atoms with E-state index in [0.29, 0.717) is 0 Å². The Morgan fingerprint density at radius 1 is 1.23 bits per heavy atom. The van der Waals surface area contributed by atoms with E-state index in [-0.39, 0.29) is 30.3 Å². The molecule has 1 aliphatic heterocycles. The Morgan fingerprint density at radius 3 is 2.08 bits per heavy atom. The van der Waals surface area contributed by atoms with E-state index in [1.54, 1.807) is 6.92 Å². The quantitative estimate of drug-likeness (QED) is 0.611. The molecular weight excluding hydrogens is 214 g/mol. The second-order valence-electron chi connectivity index (χ2n) is 2.95. The Morgan fingerprint density at radius 2 is 1.69 bits per heavy atom. The molecule has 78 valence electrons. The first-order valence-corrected chi connectivity index (χ1v) is 7.49. The maximum Gasteiger partial charge on any atom is 0.213 e. The molecule has 7 heteroatoms. The summed E-state index contributed by atoms with van der Waals surface area (Å²) in [5.74, 6) is -0.0640. The Bertz CT molecular complexity index is 355. The summed E-state index contributed by atoms with van der Waals surface area (Å²) in [5.41, 5.74) is 0. The smallest absolute Gasteiger partial charge is 0.213 e. The monoisotopic (exact) mass is 227 g/mol. The molecule has 0 aromatic heterocycles. The van der Waals surface area contributed by atoms with Crippen LogP contribution in [0, 0.1) is 0 Å². The zero-order chi connectivity index (χ0) is 10.1. The Hall–Kier alpha value is -0.140. The van der Waals surface area contributed by atoms with Crippen molar-refractivity contribution in [3.05, 3.63) is 0 Å². The highest BCUT2D eigenvalue weighted by atomic mass is 32.2. The molecule has 0 aromatic rings. The van der Waals surface area contributed by atoms with Gasteiger partial charge in [-0.1, -0.05) is 0 Å². The fourth-order valence-electron chi connectivity index (χ4n) is 1.16. The topological polar surface area (TPSA) is 71.5 Å². The predicted octanol–water partition coefficient (Wildman–Crippen LogP) is -0.933. The van der Waals surface area contributed by atoms with Crippen LogP contribution in [0.4, 0.5) is 0 Å². The van der Waals surface area contributed by atoms with Gasteiger partial charge in [0.1, 0.15) is 0 Å². The normalized spacial score (nSPS) is 24.4. The maximum absolute atomic E-state index is 11.3. The van der Waals surface area contributed by atoms with Crippen molar-refractivity contribution in [1.29, 1.82) is 0 Å². The van der Waals surface area contributed by atoms with Gasteiger partial charge >= 0.3 is 0 Å². The van der Waals surface area contributed by atoms with Crippen molar-refractivity contribution in [1.82, 2.24) is 4.31 Å². The van der Waals surface area contributed by atoms with Crippen LogP contribution in [0.3, 0.4) is 0 Å². The van der Waals surface area contributed by atoms with Crippen molar-refractivity contribution in [2.75, 3.05) is 30.3 Å². The van der Waals surface area contributed by atoms with Gasteiger partial charge in [0.05, 0.1) is 17.3 Å². The molecule has 0 spiro atoms. The van der Waals surface area contributed by atoms with Crippen molar-refractivity contribution in [2.45, 2.75) is 6.92 Å². The number of sulfone groups is 1. The first kappa shape index (κ1) is 10.9. The van der Waals surface area contributed by atoms with Crippen molar-refractivity contribution < 1.29 is 16.8 Å². The van der Waals surface area contributed by atoms with E-state index in [0.717, 1.165) is 0 Å². The van der Waals surface area contributed by atoms with E-state index in [2.05, 4.69) is 0 Å². The van der Waals surface area contributed by atoms with E-state index in [9.17, 15) is 16.8 Å². The third kappa shape index (κ3) is 2.65. The third-order valence-corrected chi connectivity index (χ3v) is 5.55. The zero-order valence-electron chi connectivity index (χ0n) is 7.43. The van der Waals surface area contributed by atoms with Gasteiger partial charge in [-0.05, 0) is 6.92 Å². The summed E-state index contributed by atoms with van der Waals surface area (Å²) in [6.07, 6.45) is 0. The summed E-state index contributed by atoms with van der Waals surface area (Å²) in [6.45, 7) is 1.77. The third-order valence-electron chi connectivity index (χ3n) is 2.06. The minimum absolute atomic E-state index is 0.0348. The van der Waals surface area contributed by atoms with Crippen LogP contribution in [0.1, 0.15) is 6.92 Å². The zero-order valence-corrected chi connectivity index (χ0v) is 9.07. The van der Waals surface area contributed by atoms with E-state index in [1.165, 1.54) is 4.31 Å². The summed E-state index contributed by atoms with van der Waals surface area (Å²) in [4.78, 5) is 0. The largest absolute Gasteiger partial charge is 0.229 e. The van der Waals surface area contributed by atoms with Crippen LogP contribution >= 0.6 is 0 Å². The van der Waals surface area contributed by atoms with E-state index >= 15 is 0 Å². The van der Waals surface area contributed by atoms with Crippen LogP contribution in [-0.2, 0) is 19.9 Å². The van der Waals surface area contributed by atoms with E-state index in [1.807, 2.05) is 0 Å². The number of nitrogens with zero attached hydrogens (tertiary/aromatic N) is 1. The molecule has 1 saturated heterocycles. The highest BCUT2D eigenvalue weighted by Gasteiger charge is 2.28. The predicted molar refractivity (Wildman–Crippen MR) is 49.7 cm³/mol. The molecule has 1 rings (SSSR count). The lowest BCUT2D eigenvalue weighted by Crippen LogP contribution is -2.44. The molecule has 0 radical (unpaired) electrons. The van der Waals surface area contributed by atoms with Crippen molar-refractivity contribution in [3.8, 4) is 0 Å². The van der Waals surface area contributed by atoms with Gasteiger partial charge < -0.3 is 0 Å². The van der Waals surface area contributed by atoms with Crippen LogP contribution in [-0.4, -0.2) is 51.5 Å². The molecule has 13 heavy (non-hydrogen) atoms. The standard InChI is InChI=1S/C6H13NO4S2/c1-2-13(10,11)7-3-5-12(8,9)6-4-7/h2-6H2,1H3. The average molecular weight is 227 g/mol. The van der Waals surface area contributed by atoms with Gasteiger partial charge in [-0.15, -0.1) is 0 Å². The Balaban J connectivity index is 2.71. The summed E-state index contributed by atoms with van der Waals surface area (Å²) in [7, 11) is -6.19. The van der Waals surface area contributed by atoms with Crippen LogP contribution in [0.5, 0.6) is 0 Å². The molecule has 0 saturated carbocycles. The van der Waals surface area contributed by atoms with E-state index < -0.39 is 19.9 Å². The van der Waals surface area contributed by atoms with Crippen LogP contribution < -0.4 is 0 Å². The highest BCUT2D eigenvalue weighted by molar-refractivity contribution is 7.92. The van der Waals surface area contributed by atoms with Crippen molar-refractivity contribution >= 4 is 19.9 Å². The van der Waals surface area contributed by atoms with Gasteiger partial charge in [-0.25, -0.2) is 16.8 Å². The lowest BCUT2D eigenvalue weighted by Gasteiger charge is -2.25. The minimum atomic E-state index is -3.20. The lowest BCUT2D eigenvalue weighted by molar-refractivity contribution is 0.431. The Labute approximate surface area is 78.7 Å². The summed E-state index contributed by atoms with van der Waals surface area (Å²) >= 11 is 0. The fraction of sp³-hybridized carbons (Fsp3) is 1.00. The SMILES string of the molecule is CCS(=O)(=O)N1CCS(=O)(=O)CC1. The molecule has 1 heterocycles. The number of rotatable bonds is 2. The minimum Gasteiger partial charge on any atom is -0.229 e. The molecule has 0 atom stereocenters. The van der Waals surface area contributed by atoms with Gasteiger partial charge in [-0.2, -0.15) is 4.31 Å². The molecule has 0 aromatic carbocycles. The van der Waals surface area contributed by atoms with Gasteiger partial charge in [0.15, 0.2) is 9.84 Å².